The van der Waals surface area contributed by atoms with Gasteiger partial charge in [-0.1, -0.05) is 184 Å². The van der Waals surface area contributed by atoms with Crippen LogP contribution >= 0.6 is 0 Å². The Labute approximate surface area is 279 Å². The summed E-state index contributed by atoms with van der Waals surface area (Å²) in [5.74, 6) is -0.327. The fourth-order valence-electron chi connectivity index (χ4n) is 5.11. The summed E-state index contributed by atoms with van der Waals surface area (Å²) in [7, 11) is 0. The van der Waals surface area contributed by atoms with Gasteiger partial charge in [-0.15, -0.1) is 0 Å². The van der Waals surface area contributed by atoms with Crippen molar-refractivity contribution in [2.45, 2.75) is 174 Å². The third-order valence-corrected chi connectivity index (χ3v) is 7.89. The lowest BCUT2D eigenvalue weighted by Crippen LogP contribution is -2.27. The van der Waals surface area contributed by atoms with Crippen molar-refractivity contribution in [1.29, 1.82) is 0 Å². The zero-order valence-electron chi connectivity index (χ0n) is 29.6. The molecule has 0 aromatic rings. The molecule has 0 saturated heterocycles. The Morgan fingerprint density at radius 1 is 0.533 bits per heavy atom. The summed E-state index contributed by atoms with van der Waals surface area (Å²) in [5.41, 5.74) is 0. The molecule has 4 nitrogen and oxygen atoms in total. The van der Waals surface area contributed by atoms with Crippen LogP contribution < -0.4 is 0 Å². The van der Waals surface area contributed by atoms with Gasteiger partial charge < -0.3 is 14.6 Å². The first kappa shape index (κ1) is 43.1. The van der Waals surface area contributed by atoms with Crippen molar-refractivity contribution in [3.05, 3.63) is 60.8 Å². The first-order chi connectivity index (χ1) is 22.2. The summed E-state index contributed by atoms with van der Waals surface area (Å²) in [5, 5.41) is 9.54. The molecular weight excluding hydrogens is 556 g/mol. The molecule has 0 rings (SSSR count). The summed E-state index contributed by atoms with van der Waals surface area (Å²) in [6.07, 6.45) is 50.0. The van der Waals surface area contributed by atoms with E-state index in [1.165, 1.54) is 109 Å². The predicted octanol–water partition coefficient (Wildman–Crippen LogP) is 12.1. The van der Waals surface area contributed by atoms with Gasteiger partial charge in [-0.2, -0.15) is 0 Å². The molecule has 260 valence electrons. The molecule has 0 spiro atoms. The van der Waals surface area contributed by atoms with Crippen molar-refractivity contribution in [2.24, 2.45) is 0 Å². The Balaban J connectivity index is 3.54. The summed E-state index contributed by atoms with van der Waals surface area (Å²) in [6, 6.07) is 0. The average molecular weight is 629 g/mol. The maximum atomic E-state index is 12.1. The minimum Gasteiger partial charge on any atom is -0.457 e. The van der Waals surface area contributed by atoms with Crippen LogP contribution in [0, 0.1) is 0 Å². The van der Waals surface area contributed by atoms with Crippen LogP contribution in [0.25, 0.3) is 0 Å². The number of allylic oxidation sites excluding steroid dienone is 9. The van der Waals surface area contributed by atoms with E-state index in [-0.39, 0.29) is 25.6 Å². The number of rotatable bonds is 34. The smallest absolute Gasteiger partial charge is 0.310 e. The molecule has 0 amide bonds. The number of carbonyl (C=O) groups is 1. The number of esters is 1. The van der Waals surface area contributed by atoms with E-state index in [4.69, 9.17) is 9.47 Å². The highest BCUT2D eigenvalue weighted by Gasteiger charge is 2.12. The second-order valence-corrected chi connectivity index (χ2v) is 12.3. The van der Waals surface area contributed by atoms with E-state index in [0.717, 1.165) is 38.5 Å². The van der Waals surface area contributed by atoms with Gasteiger partial charge >= 0.3 is 5.97 Å². The molecule has 1 N–H and O–H groups in total. The van der Waals surface area contributed by atoms with E-state index >= 15 is 0 Å². The lowest BCUT2D eigenvalue weighted by atomic mass is 10.0. The van der Waals surface area contributed by atoms with Gasteiger partial charge in [0, 0.05) is 6.61 Å². The van der Waals surface area contributed by atoms with Gasteiger partial charge in [0.25, 0.3) is 0 Å². The maximum Gasteiger partial charge on any atom is 0.310 e. The zero-order valence-corrected chi connectivity index (χ0v) is 29.6. The molecule has 0 aliphatic carbocycles. The van der Waals surface area contributed by atoms with Crippen molar-refractivity contribution < 1.29 is 19.4 Å². The molecule has 0 aromatic carbocycles. The van der Waals surface area contributed by atoms with Crippen molar-refractivity contribution in [1.82, 2.24) is 0 Å². The minimum absolute atomic E-state index is 0.212. The maximum absolute atomic E-state index is 12.1. The first-order valence-corrected chi connectivity index (χ1v) is 18.9. The Morgan fingerprint density at radius 2 is 0.911 bits per heavy atom. The first-order valence-electron chi connectivity index (χ1n) is 18.9. The Morgan fingerprint density at radius 3 is 1.31 bits per heavy atom. The van der Waals surface area contributed by atoms with Gasteiger partial charge in [-0.05, 0) is 38.5 Å². The SMILES string of the molecule is CC/C=C\C/C=C\C/C=C\C/C=C\C/C=C\CC(=O)OC(CO)COCCCCCCCCCCCCCCCCCCCC. The Bertz CT molecular complexity index is 749. The van der Waals surface area contributed by atoms with E-state index in [0.29, 0.717) is 6.61 Å². The zero-order chi connectivity index (χ0) is 32.7. The van der Waals surface area contributed by atoms with E-state index in [2.05, 4.69) is 62.5 Å². The van der Waals surface area contributed by atoms with E-state index in [9.17, 15) is 9.90 Å². The van der Waals surface area contributed by atoms with Crippen LogP contribution in [-0.2, 0) is 14.3 Å². The number of hydrogen-bond donors (Lipinski definition) is 1. The number of aliphatic hydroxyl groups is 1. The van der Waals surface area contributed by atoms with E-state index in [1.807, 2.05) is 12.2 Å². The van der Waals surface area contributed by atoms with E-state index < -0.39 is 6.10 Å². The molecule has 1 atom stereocenters. The lowest BCUT2D eigenvalue weighted by Gasteiger charge is -2.15. The second-order valence-electron chi connectivity index (χ2n) is 12.3. The molecule has 0 aliphatic heterocycles. The molecule has 0 radical (unpaired) electrons. The average Bonchev–Trinajstić information content (AvgIpc) is 3.05. The topological polar surface area (TPSA) is 55.8 Å². The second kappa shape index (κ2) is 38.3. The van der Waals surface area contributed by atoms with Crippen LogP contribution in [0.4, 0.5) is 0 Å². The highest BCUT2D eigenvalue weighted by Crippen LogP contribution is 2.14. The fraction of sp³-hybridized carbons (Fsp3) is 0.732. The van der Waals surface area contributed by atoms with Crippen LogP contribution in [0.2, 0.25) is 0 Å². The summed E-state index contributed by atoms with van der Waals surface area (Å²) < 4.78 is 11.0. The largest absolute Gasteiger partial charge is 0.457 e. The summed E-state index contributed by atoms with van der Waals surface area (Å²) in [6.45, 7) is 5.13. The standard InChI is InChI=1S/C41H72O4/c1-3-5-7-9-11-13-15-17-19-20-21-23-25-27-29-31-33-35-37-44-39-40(38-42)45-41(43)36-34-32-30-28-26-24-22-18-16-14-12-10-8-6-4-2/h6,8,12,14,18,22,26,28,32,34,40,42H,3-5,7,9-11,13,15-17,19-21,23-25,27,29-31,33,35-39H2,1-2H3/b8-6-,14-12-,22-18-,28-26-,34-32-. The number of unbranched alkanes of at least 4 members (excludes halogenated alkanes) is 17. The van der Waals surface area contributed by atoms with Crippen molar-refractivity contribution in [3.63, 3.8) is 0 Å². The molecule has 1 unspecified atom stereocenters. The number of aliphatic hydroxyl groups excluding tert-OH is 1. The molecule has 0 heterocycles. The Kier molecular flexibility index (Phi) is 36.6. The van der Waals surface area contributed by atoms with Gasteiger partial charge in [0.05, 0.1) is 19.6 Å². The molecule has 0 fully saturated rings. The van der Waals surface area contributed by atoms with Crippen LogP contribution in [0.15, 0.2) is 60.8 Å². The van der Waals surface area contributed by atoms with Crippen LogP contribution in [0.5, 0.6) is 0 Å². The lowest BCUT2D eigenvalue weighted by molar-refractivity contribution is -0.153. The molecule has 0 bridgehead atoms. The molecule has 0 aliphatic rings. The van der Waals surface area contributed by atoms with Crippen molar-refractivity contribution in [2.75, 3.05) is 19.8 Å². The number of hydrogen-bond acceptors (Lipinski definition) is 4. The molecule has 0 saturated carbocycles. The highest BCUT2D eigenvalue weighted by atomic mass is 16.6. The third kappa shape index (κ3) is 36.4. The minimum atomic E-state index is -0.587. The van der Waals surface area contributed by atoms with Crippen molar-refractivity contribution >= 4 is 5.97 Å². The number of ether oxygens (including phenoxy) is 2. The predicted molar refractivity (Wildman–Crippen MR) is 196 cm³/mol. The van der Waals surface area contributed by atoms with Gasteiger partial charge in [0.1, 0.15) is 6.10 Å². The molecule has 4 heteroatoms. The fourth-order valence-corrected chi connectivity index (χ4v) is 5.11. The molecule has 0 aromatic heterocycles. The van der Waals surface area contributed by atoms with Crippen LogP contribution in [0.3, 0.4) is 0 Å². The van der Waals surface area contributed by atoms with Gasteiger partial charge in [-0.25, -0.2) is 0 Å². The normalized spacial score (nSPS) is 13.0. The Hall–Kier alpha value is -1.91. The molecule has 45 heavy (non-hydrogen) atoms. The number of carbonyl (C=O) groups excluding carboxylic acids is 1. The van der Waals surface area contributed by atoms with Crippen LogP contribution in [0.1, 0.15) is 168 Å². The van der Waals surface area contributed by atoms with Crippen LogP contribution in [-0.4, -0.2) is 37.0 Å². The summed E-state index contributed by atoms with van der Waals surface area (Å²) >= 11 is 0. The quantitative estimate of drug-likeness (QED) is 0.0437. The van der Waals surface area contributed by atoms with Gasteiger partial charge in [0.2, 0.25) is 0 Å². The van der Waals surface area contributed by atoms with Gasteiger partial charge in [0.15, 0.2) is 0 Å². The van der Waals surface area contributed by atoms with Crippen molar-refractivity contribution in [3.8, 4) is 0 Å². The highest BCUT2D eigenvalue weighted by molar-refractivity contribution is 5.71. The third-order valence-electron chi connectivity index (χ3n) is 7.89. The monoisotopic (exact) mass is 629 g/mol. The van der Waals surface area contributed by atoms with Gasteiger partial charge in [-0.3, -0.25) is 4.79 Å². The van der Waals surface area contributed by atoms with E-state index in [1.54, 1.807) is 0 Å². The summed E-state index contributed by atoms with van der Waals surface area (Å²) in [4.78, 5) is 12.1. The molecular formula is C41H72O4.